The first-order chi connectivity index (χ1) is 8.20. The van der Waals surface area contributed by atoms with Crippen LogP contribution in [-0.4, -0.2) is 20.9 Å². The summed E-state index contributed by atoms with van der Waals surface area (Å²) in [4.78, 5) is 5.35. The second kappa shape index (κ2) is 5.14. The van der Waals surface area contributed by atoms with Crippen LogP contribution >= 0.6 is 11.8 Å². The van der Waals surface area contributed by atoms with Gasteiger partial charge in [0.05, 0.1) is 0 Å². The summed E-state index contributed by atoms with van der Waals surface area (Å²) in [5.74, 6) is 2.07. The van der Waals surface area contributed by atoms with Crippen molar-refractivity contribution in [2.75, 3.05) is 11.5 Å². The molecule has 0 bridgehead atoms. The monoisotopic (exact) mass is 246 g/mol. The highest BCUT2D eigenvalue weighted by Gasteiger charge is 2.06. The molecule has 0 aliphatic carbocycles. The minimum atomic E-state index is 0.424. The summed E-state index contributed by atoms with van der Waals surface area (Å²) in [5.41, 5.74) is 7.42. The Balaban J connectivity index is 2.33. The number of benzene rings is 1. The van der Waals surface area contributed by atoms with E-state index in [1.807, 2.05) is 12.1 Å². The molecule has 0 fully saturated rings. The maximum absolute atomic E-state index is 5.83. The second-order valence-electron chi connectivity index (χ2n) is 3.55. The largest absolute Gasteiger partial charge is 0.382 e. The van der Waals surface area contributed by atoms with E-state index in [1.165, 1.54) is 4.90 Å². The molecular weight excluding hydrogens is 232 g/mol. The lowest BCUT2D eigenvalue weighted by Gasteiger charge is -2.04. The molecule has 2 aromatic rings. The molecule has 5 heteroatoms. The van der Waals surface area contributed by atoms with Gasteiger partial charge in [0.2, 0.25) is 0 Å². The minimum Gasteiger partial charge on any atom is -0.382 e. The van der Waals surface area contributed by atoms with Gasteiger partial charge in [-0.3, -0.25) is 0 Å². The Morgan fingerprint density at radius 3 is 2.47 bits per heavy atom. The quantitative estimate of drug-likeness (QED) is 0.843. The summed E-state index contributed by atoms with van der Waals surface area (Å²) in [7, 11) is 0. The molecule has 2 N–H and O–H groups in total. The molecule has 1 heterocycles. The summed E-state index contributed by atoms with van der Waals surface area (Å²) in [6.45, 7) is 3.90. The highest BCUT2D eigenvalue weighted by molar-refractivity contribution is 7.99. The molecule has 0 unspecified atom stereocenters. The number of thioether (sulfide) groups is 1. The summed E-state index contributed by atoms with van der Waals surface area (Å²) < 4.78 is 0. The van der Waals surface area contributed by atoms with Crippen LogP contribution in [-0.2, 0) is 0 Å². The fourth-order valence-corrected chi connectivity index (χ4v) is 2.17. The van der Waals surface area contributed by atoms with E-state index in [9.17, 15) is 0 Å². The van der Waals surface area contributed by atoms with Crippen LogP contribution in [0.1, 0.15) is 12.7 Å². The standard InChI is InChI=1S/C12H14N4S/c1-3-17-10-6-4-9(5-7-10)11-12(13)14-8(2)15-16-11/h4-7H,3H2,1-2H3,(H2,13,14,15). The molecule has 0 atom stereocenters. The average Bonchev–Trinajstić information content (AvgIpc) is 2.31. The zero-order chi connectivity index (χ0) is 12.3. The van der Waals surface area contributed by atoms with Crippen molar-refractivity contribution in [1.29, 1.82) is 0 Å². The van der Waals surface area contributed by atoms with E-state index in [0.717, 1.165) is 11.3 Å². The SMILES string of the molecule is CCSc1ccc(-c2nnc(C)nc2N)cc1. The Kier molecular flexibility index (Phi) is 3.58. The van der Waals surface area contributed by atoms with Crippen LogP contribution in [0.4, 0.5) is 5.82 Å². The van der Waals surface area contributed by atoms with E-state index in [2.05, 4.69) is 34.2 Å². The van der Waals surface area contributed by atoms with Crippen LogP contribution in [0.15, 0.2) is 29.2 Å². The van der Waals surface area contributed by atoms with Crippen molar-refractivity contribution in [3.63, 3.8) is 0 Å². The lowest BCUT2D eigenvalue weighted by atomic mass is 10.1. The third-order valence-electron chi connectivity index (χ3n) is 2.26. The van der Waals surface area contributed by atoms with Crippen molar-refractivity contribution in [1.82, 2.24) is 15.2 Å². The molecule has 0 radical (unpaired) electrons. The van der Waals surface area contributed by atoms with E-state index >= 15 is 0 Å². The van der Waals surface area contributed by atoms with Crippen molar-refractivity contribution < 1.29 is 0 Å². The molecule has 1 aromatic heterocycles. The van der Waals surface area contributed by atoms with E-state index in [-0.39, 0.29) is 0 Å². The number of aromatic nitrogens is 3. The lowest BCUT2D eigenvalue weighted by molar-refractivity contribution is 0.920. The maximum atomic E-state index is 5.83. The number of nitrogen functional groups attached to an aromatic ring is 1. The zero-order valence-corrected chi connectivity index (χ0v) is 10.7. The van der Waals surface area contributed by atoms with Crippen LogP contribution in [0, 0.1) is 6.92 Å². The van der Waals surface area contributed by atoms with E-state index in [0.29, 0.717) is 17.3 Å². The van der Waals surface area contributed by atoms with Crippen LogP contribution in [0.2, 0.25) is 0 Å². The minimum absolute atomic E-state index is 0.424. The molecule has 0 spiro atoms. The van der Waals surface area contributed by atoms with Gasteiger partial charge in [-0.05, 0) is 24.8 Å². The van der Waals surface area contributed by atoms with E-state index < -0.39 is 0 Å². The molecule has 17 heavy (non-hydrogen) atoms. The second-order valence-corrected chi connectivity index (χ2v) is 4.89. The first-order valence-corrected chi connectivity index (χ1v) is 6.39. The number of nitrogens with zero attached hydrogens (tertiary/aromatic N) is 3. The smallest absolute Gasteiger partial charge is 0.154 e. The summed E-state index contributed by atoms with van der Waals surface area (Å²) in [6.07, 6.45) is 0. The number of hydrogen-bond acceptors (Lipinski definition) is 5. The average molecular weight is 246 g/mol. The highest BCUT2D eigenvalue weighted by atomic mass is 32.2. The van der Waals surface area contributed by atoms with Crippen molar-refractivity contribution in [3.8, 4) is 11.3 Å². The molecule has 0 aliphatic heterocycles. The predicted octanol–water partition coefficient (Wildman–Crippen LogP) is 2.54. The number of hydrogen-bond donors (Lipinski definition) is 1. The molecule has 0 aliphatic rings. The predicted molar refractivity (Wildman–Crippen MR) is 70.8 cm³/mol. The van der Waals surface area contributed by atoms with Crippen LogP contribution < -0.4 is 5.73 Å². The number of nitrogens with two attached hydrogens (primary N) is 1. The zero-order valence-electron chi connectivity index (χ0n) is 9.84. The van der Waals surface area contributed by atoms with Gasteiger partial charge in [0.1, 0.15) is 11.5 Å². The van der Waals surface area contributed by atoms with Gasteiger partial charge in [0, 0.05) is 10.5 Å². The molecular formula is C12H14N4S. The highest BCUT2D eigenvalue weighted by Crippen LogP contribution is 2.24. The van der Waals surface area contributed by atoms with Crippen LogP contribution in [0.25, 0.3) is 11.3 Å². The lowest BCUT2D eigenvalue weighted by Crippen LogP contribution is -2.01. The topological polar surface area (TPSA) is 64.7 Å². The van der Waals surface area contributed by atoms with Gasteiger partial charge in [-0.15, -0.1) is 22.0 Å². The molecule has 0 amide bonds. The molecule has 4 nitrogen and oxygen atoms in total. The first-order valence-electron chi connectivity index (χ1n) is 5.40. The van der Waals surface area contributed by atoms with E-state index in [1.54, 1.807) is 18.7 Å². The Hall–Kier alpha value is -1.62. The van der Waals surface area contributed by atoms with Crippen molar-refractivity contribution in [3.05, 3.63) is 30.1 Å². The van der Waals surface area contributed by atoms with Gasteiger partial charge >= 0.3 is 0 Å². The van der Waals surface area contributed by atoms with Crippen LogP contribution in [0.3, 0.4) is 0 Å². The van der Waals surface area contributed by atoms with Gasteiger partial charge in [-0.25, -0.2) is 4.98 Å². The molecule has 88 valence electrons. The molecule has 0 saturated carbocycles. The summed E-state index contributed by atoms with van der Waals surface area (Å²) in [5, 5.41) is 8.01. The van der Waals surface area contributed by atoms with Gasteiger partial charge in [0.15, 0.2) is 5.82 Å². The maximum Gasteiger partial charge on any atom is 0.154 e. The van der Waals surface area contributed by atoms with Gasteiger partial charge in [0.25, 0.3) is 0 Å². The fraction of sp³-hybridized carbons (Fsp3) is 0.250. The van der Waals surface area contributed by atoms with Gasteiger partial charge < -0.3 is 5.73 Å². The first kappa shape index (κ1) is 11.9. The van der Waals surface area contributed by atoms with E-state index in [4.69, 9.17) is 5.73 Å². The molecule has 1 aromatic carbocycles. The Bertz CT molecular complexity index is 510. The summed E-state index contributed by atoms with van der Waals surface area (Å²) >= 11 is 1.80. The summed E-state index contributed by atoms with van der Waals surface area (Å²) in [6, 6.07) is 8.11. The number of anilines is 1. The van der Waals surface area contributed by atoms with Crippen molar-refractivity contribution in [2.45, 2.75) is 18.7 Å². The fourth-order valence-electron chi connectivity index (χ4n) is 1.50. The number of rotatable bonds is 3. The Labute approximate surface area is 105 Å². The Morgan fingerprint density at radius 1 is 1.18 bits per heavy atom. The number of aryl methyl sites for hydroxylation is 1. The molecule has 2 rings (SSSR count). The normalized spacial score (nSPS) is 10.5. The van der Waals surface area contributed by atoms with Crippen molar-refractivity contribution >= 4 is 17.6 Å². The van der Waals surface area contributed by atoms with Gasteiger partial charge in [-0.2, -0.15) is 0 Å². The van der Waals surface area contributed by atoms with Gasteiger partial charge in [-0.1, -0.05) is 19.1 Å². The third kappa shape index (κ3) is 2.74. The molecule has 0 saturated heterocycles. The third-order valence-corrected chi connectivity index (χ3v) is 3.15. The Morgan fingerprint density at radius 2 is 1.88 bits per heavy atom. The van der Waals surface area contributed by atoms with Crippen molar-refractivity contribution in [2.24, 2.45) is 0 Å². The van der Waals surface area contributed by atoms with Crippen LogP contribution in [0.5, 0.6) is 0 Å².